The predicted octanol–water partition coefficient (Wildman–Crippen LogP) is 3.48. The molecular weight excluding hydrogens is 324 g/mol. The molecule has 0 atom stereocenters. The Morgan fingerprint density at radius 3 is 2.73 bits per heavy atom. The lowest BCUT2D eigenvalue weighted by molar-refractivity contribution is -0.132. The zero-order valence-electron chi connectivity index (χ0n) is 15.6. The van der Waals surface area contributed by atoms with Crippen molar-refractivity contribution < 1.29 is 4.79 Å². The Balaban J connectivity index is 1.36. The Morgan fingerprint density at radius 2 is 2.00 bits per heavy atom. The molecule has 5 nitrogen and oxygen atoms in total. The lowest BCUT2D eigenvalue weighted by Gasteiger charge is -2.32. The summed E-state index contributed by atoms with van der Waals surface area (Å²) in [5.41, 5.74) is 2.43. The van der Waals surface area contributed by atoms with Crippen molar-refractivity contribution in [3.63, 3.8) is 0 Å². The predicted molar refractivity (Wildman–Crippen MR) is 103 cm³/mol. The number of para-hydroxylation sites is 1. The number of likely N-dealkylation sites (tertiary alicyclic amines) is 1. The molecule has 1 saturated heterocycles. The van der Waals surface area contributed by atoms with E-state index in [1.165, 1.54) is 16.6 Å². The largest absolute Gasteiger partial charge is 0.344 e. The molecule has 0 spiro atoms. The number of benzene rings is 1. The number of amides is 1. The molecule has 0 radical (unpaired) electrons. The minimum atomic E-state index is 0.264. The van der Waals surface area contributed by atoms with Crippen molar-refractivity contribution in [2.24, 2.45) is 7.05 Å². The second-order valence-corrected chi connectivity index (χ2v) is 7.30. The Hall–Kier alpha value is -2.56. The first-order valence-corrected chi connectivity index (χ1v) is 9.43. The van der Waals surface area contributed by atoms with Gasteiger partial charge >= 0.3 is 0 Å². The molecule has 1 aliphatic rings. The topological polar surface area (TPSA) is 43.1 Å². The first-order chi connectivity index (χ1) is 12.6. The van der Waals surface area contributed by atoms with Crippen LogP contribution in [0.3, 0.4) is 0 Å². The SMILES string of the molecule is Cc1cc2ccccc2n1CCC(=O)N1CCC(c2nccn2C)CC1. The van der Waals surface area contributed by atoms with E-state index in [0.717, 1.165) is 38.3 Å². The highest BCUT2D eigenvalue weighted by atomic mass is 16.2. The molecule has 4 rings (SSSR count). The van der Waals surface area contributed by atoms with Gasteiger partial charge in [-0.1, -0.05) is 18.2 Å². The molecule has 26 heavy (non-hydrogen) atoms. The second-order valence-electron chi connectivity index (χ2n) is 7.30. The maximum Gasteiger partial charge on any atom is 0.224 e. The van der Waals surface area contributed by atoms with Crippen molar-refractivity contribution >= 4 is 16.8 Å². The number of hydrogen-bond acceptors (Lipinski definition) is 2. The standard InChI is InChI=1S/C21H26N4O/c1-16-15-18-5-3-4-6-19(18)25(16)13-9-20(26)24-11-7-17(8-12-24)21-22-10-14-23(21)2/h3-6,10,14-15,17H,7-9,11-13H2,1-2H3. The molecule has 2 aromatic heterocycles. The number of imidazole rings is 1. The Bertz CT molecular complexity index is 915. The van der Waals surface area contributed by atoms with Gasteiger partial charge in [0, 0.05) is 62.6 Å². The fourth-order valence-corrected chi connectivity index (χ4v) is 4.17. The van der Waals surface area contributed by atoms with E-state index >= 15 is 0 Å². The van der Waals surface area contributed by atoms with Crippen LogP contribution in [0.1, 0.15) is 36.7 Å². The van der Waals surface area contributed by atoms with Gasteiger partial charge in [-0.25, -0.2) is 4.98 Å². The average molecular weight is 350 g/mol. The van der Waals surface area contributed by atoms with Gasteiger partial charge in [0.15, 0.2) is 0 Å². The van der Waals surface area contributed by atoms with Gasteiger partial charge in [0.25, 0.3) is 0 Å². The van der Waals surface area contributed by atoms with E-state index in [2.05, 4.69) is 51.4 Å². The van der Waals surface area contributed by atoms with E-state index in [-0.39, 0.29) is 5.91 Å². The molecule has 5 heteroatoms. The van der Waals surface area contributed by atoms with E-state index in [1.54, 1.807) is 0 Å². The molecule has 1 amide bonds. The molecule has 0 aliphatic carbocycles. The third kappa shape index (κ3) is 3.14. The van der Waals surface area contributed by atoms with Gasteiger partial charge in [-0.3, -0.25) is 4.79 Å². The van der Waals surface area contributed by atoms with Gasteiger partial charge in [-0.2, -0.15) is 0 Å². The quantitative estimate of drug-likeness (QED) is 0.723. The molecule has 3 aromatic rings. The summed E-state index contributed by atoms with van der Waals surface area (Å²) >= 11 is 0. The minimum Gasteiger partial charge on any atom is -0.344 e. The third-order valence-electron chi connectivity index (χ3n) is 5.64. The van der Waals surface area contributed by atoms with Crippen molar-refractivity contribution in [1.82, 2.24) is 19.0 Å². The normalized spacial score (nSPS) is 15.7. The molecular formula is C21H26N4O. The van der Waals surface area contributed by atoms with Crippen LogP contribution in [-0.4, -0.2) is 38.0 Å². The number of rotatable bonds is 4. The fraction of sp³-hybridized carbons (Fsp3) is 0.429. The maximum absolute atomic E-state index is 12.7. The number of carbonyl (C=O) groups excluding carboxylic acids is 1. The van der Waals surface area contributed by atoms with Crippen molar-refractivity contribution in [3.05, 3.63) is 54.2 Å². The molecule has 0 saturated carbocycles. The van der Waals surface area contributed by atoms with Crippen LogP contribution in [-0.2, 0) is 18.4 Å². The van der Waals surface area contributed by atoms with Crippen molar-refractivity contribution in [3.8, 4) is 0 Å². The van der Waals surface area contributed by atoms with Gasteiger partial charge in [0.2, 0.25) is 5.91 Å². The highest BCUT2D eigenvalue weighted by Crippen LogP contribution is 2.27. The van der Waals surface area contributed by atoms with Gasteiger partial charge in [-0.05, 0) is 37.3 Å². The van der Waals surface area contributed by atoms with Crippen LogP contribution in [0.25, 0.3) is 10.9 Å². The molecule has 0 bridgehead atoms. The lowest BCUT2D eigenvalue weighted by Crippen LogP contribution is -2.38. The summed E-state index contributed by atoms with van der Waals surface area (Å²) in [5, 5.41) is 1.24. The second kappa shape index (κ2) is 6.98. The number of aromatic nitrogens is 3. The van der Waals surface area contributed by atoms with Crippen LogP contribution >= 0.6 is 0 Å². The van der Waals surface area contributed by atoms with Crippen molar-refractivity contribution in [2.45, 2.75) is 38.6 Å². The Morgan fingerprint density at radius 1 is 1.23 bits per heavy atom. The molecule has 0 unspecified atom stereocenters. The van der Waals surface area contributed by atoms with Gasteiger partial charge in [0.1, 0.15) is 5.82 Å². The summed E-state index contributed by atoms with van der Waals surface area (Å²) in [4.78, 5) is 19.2. The van der Waals surface area contributed by atoms with Gasteiger partial charge < -0.3 is 14.0 Å². The first kappa shape index (κ1) is 16.9. The molecule has 1 aromatic carbocycles. The number of aryl methyl sites for hydroxylation is 3. The van der Waals surface area contributed by atoms with E-state index in [1.807, 2.05) is 24.3 Å². The number of hydrogen-bond donors (Lipinski definition) is 0. The van der Waals surface area contributed by atoms with Crippen LogP contribution in [0.2, 0.25) is 0 Å². The van der Waals surface area contributed by atoms with E-state index in [9.17, 15) is 4.79 Å². The Kier molecular flexibility index (Phi) is 4.53. The Labute approximate surface area is 154 Å². The number of carbonyl (C=O) groups is 1. The van der Waals surface area contributed by atoms with Crippen LogP contribution in [0.4, 0.5) is 0 Å². The number of nitrogens with zero attached hydrogens (tertiary/aromatic N) is 4. The smallest absolute Gasteiger partial charge is 0.224 e. The number of fused-ring (bicyclic) bond motifs is 1. The zero-order valence-corrected chi connectivity index (χ0v) is 15.6. The minimum absolute atomic E-state index is 0.264. The summed E-state index contributed by atoms with van der Waals surface area (Å²) in [6.45, 7) is 4.53. The van der Waals surface area contributed by atoms with Crippen molar-refractivity contribution in [2.75, 3.05) is 13.1 Å². The summed E-state index contributed by atoms with van der Waals surface area (Å²) in [7, 11) is 2.05. The van der Waals surface area contributed by atoms with E-state index in [0.29, 0.717) is 12.3 Å². The lowest BCUT2D eigenvalue weighted by atomic mass is 9.95. The van der Waals surface area contributed by atoms with Crippen LogP contribution in [0.5, 0.6) is 0 Å². The van der Waals surface area contributed by atoms with Gasteiger partial charge in [-0.15, -0.1) is 0 Å². The highest BCUT2D eigenvalue weighted by molar-refractivity contribution is 5.81. The first-order valence-electron chi connectivity index (χ1n) is 9.43. The fourth-order valence-electron chi connectivity index (χ4n) is 4.17. The molecule has 136 valence electrons. The summed E-state index contributed by atoms with van der Waals surface area (Å²) in [6.07, 6.45) is 6.42. The van der Waals surface area contributed by atoms with Gasteiger partial charge in [0.05, 0.1) is 0 Å². The molecule has 3 heterocycles. The summed E-state index contributed by atoms with van der Waals surface area (Å²) < 4.78 is 4.36. The van der Waals surface area contributed by atoms with Crippen LogP contribution in [0.15, 0.2) is 42.7 Å². The number of piperidine rings is 1. The van der Waals surface area contributed by atoms with E-state index in [4.69, 9.17) is 0 Å². The zero-order chi connectivity index (χ0) is 18.1. The average Bonchev–Trinajstić information content (AvgIpc) is 3.22. The van der Waals surface area contributed by atoms with E-state index < -0.39 is 0 Å². The molecule has 0 N–H and O–H groups in total. The summed E-state index contributed by atoms with van der Waals surface area (Å²) in [5.74, 6) is 1.88. The summed E-state index contributed by atoms with van der Waals surface area (Å²) in [6, 6.07) is 10.6. The molecule has 1 aliphatic heterocycles. The monoisotopic (exact) mass is 350 g/mol. The highest BCUT2D eigenvalue weighted by Gasteiger charge is 2.25. The van der Waals surface area contributed by atoms with Crippen LogP contribution in [0, 0.1) is 6.92 Å². The molecule has 1 fully saturated rings. The third-order valence-corrected chi connectivity index (χ3v) is 5.64. The van der Waals surface area contributed by atoms with Crippen molar-refractivity contribution in [1.29, 1.82) is 0 Å². The van der Waals surface area contributed by atoms with Crippen LogP contribution < -0.4 is 0 Å². The maximum atomic E-state index is 12.7.